The Hall–Kier alpha value is -2.55. The maximum atomic E-state index is 8.86. The smallest absolute Gasteiger partial charge is 0.101 e. The molecule has 6 nitrogen and oxygen atoms in total. The van der Waals surface area contributed by atoms with E-state index in [9.17, 15) is 0 Å². The monoisotopic (exact) mass is 242 g/mol. The second-order valence-electron chi connectivity index (χ2n) is 3.86. The van der Waals surface area contributed by atoms with Crippen LogP contribution in [0.4, 0.5) is 11.4 Å². The summed E-state index contributed by atoms with van der Waals surface area (Å²) in [5.41, 5.74) is 7.55. The minimum absolute atomic E-state index is 0.497. The first-order valence-electron chi connectivity index (χ1n) is 5.67. The van der Waals surface area contributed by atoms with Crippen molar-refractivity contribution in [1.29, 1.82) is 5.26 Å². The predicted molar refractivity (Wildman–Crippen MR) is 68.7 cm³/mol. The number of hydrogen-bond donors (Lipinski definition) is 2. The zero-order chi connectivity index (χ0) is 12.8. The lowest BCUT2D eigenvalue weighted by Gasteiger charge is -2.07. The zero-order valence-electron chi connectivity index (χ0n) is 9.87. The van der Waals surface area contributed by atoms with Gasteiger partial charge in [0.1, 0.15) is 6.07 Å². The minimum Gasteiger partial charge on any atom is -0.398 e. The highest BCUT2D eigenvalue weighted by Crippen LogP contribution is 2.16. The van der Waals surface area contributed by atoms with Gasteiger partial charge in [0, 0.05) is 30.7 Å². The van der Waals surface area contributed by atoms with E-state index in [2.05, 4.69) is 21.7 Å². The summed E-state index contributed by atoms with van der Waals surface area (Å²) in [6, 6.07) is 7.42. The van der Waals surface area contributed by atoms with Gasteiger partial charge in [-0.05, 0) is 24.6 Å². The molecule has 0 amide bonds. The number of aryl methyl sites for hydroxylation is 1. The summed E-state index contributed by atoms with van der Waals surface area (Å²) in [5.74, 6) is 0. The maximum absolute atomic E-state index is 8.86. The van der Waals surface area contributed by atoms with Crippen molar-refractivity contribution < 1.29 is 0 Å². The third kappa shape index (κ3) is 2.98. The van der Waals surface area contributed by atoms with Crippen LogP contribution >= 0.6 is 0 Å². The van der Waals surface area contributed by atoms with Gasteiger partial charge in [0.05, 0.1) is 11.8 Å². The molecular weight excluding hydrogens is 228 g/mol. The van der Waals surface area contributed by atoms with Crippen LogP contribution in [0.25, 0.3) is 0 Å². The minimum atomic E-state index is 0.497. The van der Waals surface area contributed by atoms with E-state index in [0.717, 1.165) is 25.2 Å². The number of anilines is 2. The van der Waals surface area contributed by atoms with Gasteiger partial charge in [0.15, 0.2) is 0 Å². The summed E-state index contributed by atoms with van der Waals surface area (Å²) in [7, 11) is 0. The highest BCUT2D eigenvalue weighted by Gasteiger charge is 1.99. The number of nitrogens with zero attached hydrogens (tertiary/aromatic N) is 4. The van der Waals surface area contributed by atoms with Gasteiger partial charge in [-0.25, -0.2) is 0 Å². The van der Waals surface area contributed by atoms with E-state index in [0.29, 0.717) is 11.3 Å². The first-order valence-corrected chi connectivity index (χ1v) is 5.67. The van der Waals surface area contributed by atoms with Crippen LogP contribution in [0.3, 0.4) is 0 Å². The Bertz CT molecular complexity index is 540. The molecule has 0 aliphatic rings. The Labute approximate surface area is 105 Å². The molecule has 6 heteroatoms. The van der Waals surface area contributed by atoms with Gasteiger partial charge < -0.3 is 11.1 Å². The first-order chi connectivity index (χ1) is 8.79. The Balaban J connectivity index is 1.82. The van der Waals surface area contributed by atoms with Gasteiger partial charge >= 0.3 is 0 Å². The fraction of sp³-hybridized carbons (Fsp3) is 0.250. The average molecular weight is 242 g/mol. The molecule has 0 unspecified atom stereocenters. The SMILES string of the molecule is N#Cc1cc(NCCCn2ccnn2)ccc1N. The molecule has 2 aromatic rings. The number of nitrogens with two attached hydrogens (primary N) is 1. The molecule has 0 bridgehead atoms. The van der Waals surface area contributed by atoms with Crippen LogP contribution in [0.5, 0.6) is 0 Å². The Kier molecular flexibility index (Phi) is 3.76. The van der Waals surface area contributed by atoms with Crippen LogP contribution in [-0.4, -0.2) is 21.5 Å². The number of aromatic nitrogens is 3. The van der Waals surface area contributed by atoms with Crippen LogP contribution in [0, 0.1) is 11.3 Å². The number of nitrogens with one attached hydrogen (secondary N) is 1. The second kappa shape index (κ2) is 5.68. The third-order valence-corrected chi connectivity index (χ3v) is 2.54. The fourth-order valence-electron chi connectivity index (χ4n) is 1.59. The highest BCUT2D eigenvalue weighted by molar-refractivity contribution is 5.61. The zero-order valence-corrected chi connectivity index (χ0v) is 9.87. The summed E-state index contributed by atoms with van der Waals surface area (Å²) in [6.45, 7) is 1.61. The van der Waals surface area contributed by atoms with Gasteiger partial charge in [-0.3, -0.25) is 4.68 Å². The normalized spacial score (nSPS) is 9.94. The Morgan fingerprint density at radius 1 is 1.44 bits per heavy atom. The molecule has 1 aromatic carbocycles. The molecule has 3 N–H and O–H groups in total. The van der Waals surface area contributed by atoms with Crippen molar-refractivity contribution in [3.05, 3.63) is 36.2 Å². The van der Waals surface area contributed by atoms with Crippen molar-refractivity contribution in [2.75, 3.05) is 17.6 Å². The van der Waals surface area contributed by atoms with Crippen LogP contribution in [0.15, 0.2) is 30.6 Å². The largest absolute Gasteiger partial charge is 0.398 e. The summed E-state index contributed by atoms with van der Waals surface area (Å²) >= 11 is 0. The van der Waals surface area contributed by atoms with Crippen molar-refractivity contribution in [3.63, 3.8) is 0 Å². The van der Waals surface area contributed by atoms with Crippen molar-refractivity contribution in [2.45, 2.75) is 13.0 Å². The molecule has 0 radical (unpaired) electrons. The molecule has 0 saturated carbocycles. The second-order valence-corrected chi connectivity index (χ2v) is 3.86. The van der Waals surface area contributed by atoms with Gasteiger partial charge in [-0.15, -0.1) is 5.10 Å². The van der Waals surface area contributed by atoms with Gasteiger partial charge in [0.2, 0.25) is 0 Å². The van der Waals surface area contributed by atoms with E-state index in [1.165, 1.54) is 0 Å². The average Bonchev–Trinajstić information content (AvgIpc) is 2.89. The molecule has 0 atom stereocenters. The quantitative estimate of drug-likeness (QED) is 0.607. The number of rotatable bonds is 5. The topological polar surface area (TPSA) is 92.5 Å². The van der Waals surface area contributed by atoms with E-state index < -0.39 is 0 Å². The van der Waals surface area contributed by atoms with Crippen molar-refractivity contribution in [1.82, 2.24) is 15.0 Å². The van der Waals surface area contributed by atoms with Crippen LogP contribution in [-0.2, 0) is 6.54 Å². The van der Waals surface area contributed by atoms with E-state index in [4.69, 9.17) is 11.0 Å². The van der Waals surface area contributed by atoms with Gasteiger partial charge in [-0.1, -0.05) is 5.21 Å². The van der Waals surface area contributed by atoms with Gasteiger partial charge in [-0.2, -0.15) is 5.26 Å². The third-order valence-electron chi connectivity index (χ3n) is 2.54. The molecular formula is C12H14N6. The lowest BCUT2D eigenvalue weighted by atomic mass is 10.2. The summed E-state index contributed by atoms with van der Waals surface area (Å²) in [5, 5.41) is 19.7. The summed E-state index contributed by atoms with van der Waals surface area (Å²) in [6.07, 6.45) is 4.42. The van der Waals surface area contributed by atoms with Crippen molar-refractivity contribution in [2.24, 2.45) is 0 Å². The molecule has 0 spiro atoms. The summed E-state index contributed by atoms with van der Waals surface area (Å²) < 4.78 is 1.78. The molecule has 1 aromatic heterocycles. The van der Waals surface area contributed by atoms with E-state index in [1.807, 2.05) is 12.3 Å². The van der Waals surface area contributed by atoms with E-state index in [1.54, 1.807) is 23.0 Å². The van der Waals surface area contributed by atoms with Crippen molar-refractivity contribution >= 4 is 11.4 Å². The standard InChI is InChI=1S/C12H14N6/c13-9-10-8-11(2-3-12(10)14)15-4-1-6-18-7-5-16-17-18/h2-3,5,7-8,15H,1,4,6,14H2. The number of nitriles is 1. The molecule has 92 valence electrons. The lowest BCUT2D eigenvalue weighted by Crippen LogP contribution is -2.07. The predicted octanol–water partition coefficient (Wildman–Crippen LogP) is 1.23. The lowest BCUT2D eigenvalue weighted by molar-refractivity contribution is 0.570. The first kappa shape index (κ1) is 11.9. The molecule has 0 aliphatic heterocycles. The highest BCUT2D eigenvalue weighted by atomic mass is 15.4. The maximum Gasteiger partial charge on any atom is 0.101 e. The van der Waals surface area contributed by atoms with Crippen molar-refractivity contribution in [3.8, 4) is 6.07 Å². The van der Waals surface area contributed by atoms with Crippen LogP contribution < -0.4 is 11.1 Å². The summed E-state index contributed by atoms with van der Waals surface area (Å²) in [4.78, 5) is 0. The molecule has 0 saturated heterocycles. The van der Waals surface area contributed by atoms with Crippen LogP contribution in [0.2, 0.25) is 0 Å². The number of benzene rings is 1. The molecule has 1 heterocycles. The van der Waals surface area contributed by atoms with E-state index >= 15 is 0 Å². The number of nitrogen functional groups attached to an aromatic ring is 1. The van der Waals surface area contributed by atoms with Crippen LogP contribution in [0.1, 0.15) is 12.0 Å². The fourth-order valence-corrected chi connectivity index (χ4v) is 1.59. The van der Waals surface area contributed by atoms with E-state index in [-0.39, 0.29) is 0 Å². The molecule has 0 fully saturated rings. The number of hydrogen-bond acceptors (Lipinski definition) is 5. The molecule has 18 heavy (non-hydrogen) atoms. The Morgan fingerprint density at radius 3 is 3.06 bits per heavy atom. The molecule has 0 aliphatic carbocycles. The van der Waals surface area contributed by atoms with Gasteiger partial charge in [0.25, 0.3) is 0 Å². The Morgan fingerprint density at radius 2 is 2.33 bits per heavy atom. The molecule has 2 rings (SSSR count).